The van der Waals surface area contributed by atoms with Gasteiger partial charge in [0.05, 0.1) is 18.8 Å². The van der Waals surface area contributed by atoms with Crippen LogP contribution < -0.4 is 4.74 Å². The standard InChI is InChI=1S/C23H24N2O3/c26-22(18-7-8-21-17(13-18)9-11-24-21)25-12-4-10-23(16-25)14-20(15-27-23)28-19-5-2-1-3-6-19/h1-3,5-9,11,13,20,24H,4,10,12,14-16H2/t20-,23+/m0/s1. The van der Waals surface area contributed by atoms with E-state index in [0.29, 0.717) is 13.2 Å². The molecular formula is C23H24N2O3. The topological polar surface area (TPSA) is 54.6 Å². The Morgan fingerprint density at radius 3 is 2.96 bits per heavy atom. The van der Waals surface area contributed by atoms with Gasteiger partial charge in [-0.1, -0.05) is 18.2 Å². The molecule has 144 valence electrons. The van der Waals surface area contributed by atoms with Crippen molar-refractivity contribution in [3.63, 3.8) is 0 Å². The summed E-state index contributed by atoms with van der Waals surface area (Å²) in [5.41, 5.74) is 1.50. The predicted octanol–water partition coefficient (Wildman–Crippen LogP) is 4.01. The molecule has 1 N–H and O–H groups in total. The minimum atomic E-state index is -0.286. The Bertz CT molecular complexity index is 984. The summed E-state index contributed by atoms with van der Waals surface area (Å²) in [7, 11) is 0. The number of para-hydroxylation sites is 1. The minimum absolute atomic E-state index is 0.0358. The van der Waals surface area contributed by atoms with Gasteiger partial charge < -0.3 is 19.4 Å². The van der Waals surface area contributed by atoms with E-state index in [4.69, 9.17) is 9.47 Å². The summed E-state index contributed by atoms with van der Waals surface area (Å²) in [6, 6.07) is 17.7. The van der Waals surface area contributed by atoms with E-state index in [0.717, 1.165) is 48.0 Å². The van der Waals surface area contributed by atoms with E-state index in [1.54, 1.807) is 0 Å². The number of nitrogens with one attached hydrogen (secondary N) is 1. The predicted molar refractivity (Wildman–Crippen MR) is 108 cm³/mol. The van der Waals surface area contributed by atoms with E-state index in [9.17, 15) is 4.79 Å². The van der Waals surface area contributed by atoms with Gasteiger partial charge in [-0.3, -0.25) is 4.79 Å². The summed E-state index contributed by atoms with van der Waals surface area (Å²) >= 11 is 0. The Morgan fingerprint density at radius 2 is 2.07 bits per heavy atom. The number of nitrogens with zero attached hydrogens (tertiary/aromatic N) is 1. The van der Waals surface area contributed by atoms with Crippen molar-refractivity contribution in [3.05, 3.63) is 66.4 Å². The van der Waals surface area contributed by atoms with Gasteiger partial charge in [0.1, 0.15) is 11.9 Å². The van der Waals surface area contributed by atoms with Crippen LogP contribution in [0, 0.1) is 0 Å². The number of aromatic amines is 1. The highest BCUT2D eigenvalue weighted by Gasteiger charge is 2.45. The lowest BCUT2D eigenvalue weighted by Crippen LogP contribution is -2.50. The molecule has 2 saturated heterocycles. The highest BCUT2D eigenvalue weighted by Crippen LogP contribution is 2.36. The number of rotatable bonds is 3. The number of fused-ring (bicyclic) bond motifs is 1. The van der Waals surface area contributed by atoms with Gasteiger partial charge in [-0.15, -0.1) is 0 Å². The molecule has 2 aliphatic rings. The molecular weight excluding hydrogens is 352 g/mol. The van der Waals surface area contributed by atoms with Crippen molar-refractivity contribution < 1.29 is 14.3 Å². The maximum absolute atomic E-state index is 13.1. The molecule has 5 nitrogen and oxygen atoms in total. The van der Waals surface area contributed by atoms with E-state index in [1.165, 1.54) is 0 Å². The van der Waals surface area contributed by atoms with Crippen LogP contribution in [0.1, 0.15) is 29.6 Å². The molecule has 0 saturated carbocycles. The molecule has 2 fully saturated rings. The van der Waals surface area contributed by atoms with Crippen LogP contribution in [-0.4, -0.2) is 47.2 Å². The number of ether oxygens (including phenoxy) is 2. The second-order valence-corrected chi connectivity index (χ2v) is 7.86. The zero-order chi connectivity index (χ0) is 19.0. The second-order valence-electron chi connectivity index (χ2n) is 7.86. The summed E-state index contributed by atoms with van der Waals surface area (Å²) in [5.74, 6) is 0.954. The van der Waals surface area contributed by atoms with Gasteiger partial charge in [-0.2, -0.15) is 0 Å². The largest absolute Gasteiger partial charge is 0.488 e. The van der Waals surface area contributed by atoms with Gasteiger partial charge in [0, 0.05) is 35.6 Å². The van der Waals surface area contributed by atoms with Crippen LogP contribution in [0.5, 0.6) is 5.75 Å². The fourth-order valence-corrected chi connectivity index (χ4v) is 4.49. The van der Waals surface area contributed by atoms with Crippen molar-refractivity contribution in [2.24, 2.45) is 0 Å². The SMILES string of the molecule is O=C(c1ccc2[nH]ccc2c1)N1CCC[C@@]2(C[C@H](Oc3ccccc3)CO2)C1. The number of likely N-dealkylation sites (tertiary alicyclic amines) is 1. The fourth-order valence-electron chi connectivity index (χ4n) is 4.49. The molecule has 2 atom stereocenters. The number of benzene rings is 2. The fraction of sp³-hybridized carbons (Fsp3) is 0.348. The van der Waals surface area contributed by atoms with Gasteiger partial charge in [-0.05, 0) is 49.2 Å². The van der Waals surface area contributed by atoms with Crippen LogP contribution in [0.2, 0.25) is 0 Å². The number of carbonyl (C=O) groups excluding carboxylic acids is 1. The van der Waals surface area contributed by atoms with E-state index in [-0.39, 0.29) is 17.6 Å². The van der Waals surface area contributed by atoms with E-state index >= 15 is 0 Å². The second kappa shape index (κ2) is 6.99. The Morgan fingerprint density at radius 1 is 1.18 bits per heavy atom. The third-order valence-electron chi connectivity index (χ3n) is 5.85. The Hall–Kier alpha value is -2.79. The highest BCUT2D eigenvalue weighted by molar-refractivity contribution is 5.98. The number of amides is 1. The number of carbonyl (C=O) groups is 1. The molecule has 0 aliphatic carbocycles. The molecule has 1 aromatic heterocycles. The normalized spacial score (nSPS) is 24.7. The molecule has 0 bridgehead atoms. The van der Waals surface area contributed by atoms with Crippen molar-refractivity contribution in [2.75, 3.05) is 19.7 Å². The minimum Gasteiger partial charge on any atom is -0.488 e. The van der Waals surface area contributed by atoms with Crippen LogP contribution in [0.4, 0.5) is 0 Å². The molecule has 0 radical (unpaired) electrons. The first kappa shape index (κ1) is 17.3. The van der Waals surface area contributed by atoms with E-state index in [1.807, 2.05) is 65.7 Å². The molecule has 2 aliphatic heterocycles. The van der Waals surface area contributed by atoms with Crippen LogP contribution >= 0.6 is 0 Å². The summed E-state index contributed by atoms with van der Waals surface area (Å²) in [5, 5.41) is 1.06. The zero-order valence-corrected chi connectivity index (χ0v) is 15.8. The Labute approximate surface area is 164 Å². The number of hydrogen-bond donors (Lipinski definition) is 1. The molecule has 3 heterocycles. The van der Waals surface area contributed by atoms with E-state index in [2.05, 4.69) is 4.98 Å². The van der Waals surface area contributed by atoms with Gasteiger partial charge >= 0.3 is 0 Å². The first-order valence-corrected chi connectivity index (χ1v) is 9.93. The third-order valence-corrected chi connectivity index (χ3v) is 5.85. The van der Waals surface area contributed by atoms with E-state index < -0.39 is 0 Å². The smallest absolute Gasteiger partial charge is 0.253 e. The van der Waals surface area contributed by atoms with Crippen molar-refractivity contribution in [3.8, 4) is 5.75 Å². The van der Waals surface area contributed by atoms with Gasteiger partial charge in [0.25, 0.3) is 5.91 Å². The molecule has 1 spiro atoms. The number of hydrogen-bond acceptors (Lipinski definition) is 3. The number of piperidine rings is 1. The maximum atomic E-state index is 13.1. The zero-order valence-electron chi connectivity index (χ0n) is 15.8. The van der Waals surface area contributed by atoms with Gasteiger partial charge in [0.2, 0.25) is 0 Å². The van der Waals surface area contributed by atoms with Crippen LogP contribution in [0.25, 0.3) is 10.9 Å². The highest BCUT2D eigenvalue weighted by atomic mass is 16.6. The Kier molecular flexibility index (Phi) is 4.32. The Balaban J connectivity index is 1.28. The summed E-state index contributed by atoms with van der Waals surface area (Å²) in [4.78, 5) is 18.2. The average Bonchev–Trinajstić information content (AvgIpc) is 3.35. The van der Waals surface area contributed by atoms with Gasteiger partial charge in [0.15, 0.2) is 0 Å². The molecule has 28 heavy (non-hydrogen) atoms. The van der Waals surface area contributed by atoms with Crippen LogP contribution in [-0.2, 0) is 4.74 Å². The molecule has 2 aromatic carbocycles. The molecule has 5 heteroatoms. The quantitative estimate of drug-likeness (QED) is 0.751. The van der Waals surface area contributed by atoms with Crippen LogP contribution in [0.3, 0.4) is 0 Å². The summed E-state index contributed by atoms with van der Waals surface area (Å²) in [6.07, 6.45) is 4.68. The lowest BCUT2D eigenvalue weighted by molar-refractivity contribution is -0.0453. The summed E-state index contributed by atoms with van der Waals surface area (Å²) < 4.78 is 12.3. The van der Waals surface area contributed by atoms with Crippen molar-refractivity contribution in [2.45, 2.75) is 31.0 Å². The lowest BCUT2D eigenvalue weighted by atomic mass is 9.89. The number of H-pyrrole nitrogens is 1. The van der Waals surface area contributed by atoms with Crippen molar-refractivity contribution in [1.29, 1.82) is 0 Å². The molecule has 1 amide bonds. The molecule has 0 unspecified atom stereocenters. The maximum Gasteiger partial charge on any atom is 0.253 e. The first-order valence-electron chi connectivity index (χ1n) is 9.93. The van der Waals surface area contributed by atoms with Crippen LogP contribution in [0.15, 0.2) is 60.8 Å². The molecule has 3 aromatic rings. The average molecular weight is 376 g/mol. The van der Waals surface area contributed by atoms with Gasteiger partial charge in [-0.25, -0.2) is 0 Å². The monoisotopic (exact) mass is 376 g/mol. The van der Waals surface area contributed by atoms with Crippen molar-refractivity contribution in [1.82, 2.24) is 9.88 Å². The summed E-state index contributed by atoms with van der Waals surface area (Å²) in [6.45, 7) is 1.98. The first-order chi connectivity index (χ1) is 13.7. The molecule has 5 rings (SSSR count). The lowest BCUT2D eigenvalue weighted by Gasteiger charge is -2.39. The third kappa shape index (κ3) is 3.27. The van der Waals surface area contributed by atoms with Crippen molar-refractivity contribution >= 4 is 16.8 Å². The number of aromatic nitrogens is 1.